The number of rotatable bonds is 4. The van der Waals surface area contributed by atoms with Crippen LogP contribution in [0.3, 0.4) is 0 Å². The van der Waals surface area contributed by atoms with Crippen LogP contribution in [0.2, 0.25) is 0 Å². The van der Waals surface area contributed by atoms with Gasteiger partial charge in [-0.2, -0.15) is 0 Å². The Kier molecular flexibility index (Phi) is 5.17. The van der Waals surface area contributed by atoms with Gasteiger partial charge in [-0.05, 0) is 49.2 Å². The van der Waals surface area contributed by atoms with Gasteiger partial charge in [-0.25, -0.2) is 13.8 Å². The molecule has 0 aliphatic carbocycles. The fourth-order valence-corrected chi connectivity index (χ4v) is 4.09. The highest BCUT2D eigenvalue weighted by atomic mass is 32.1. The molecule has 30 heavy (non-hydrogen) atoms. The van der Waals surface area contributed by atoms with Crippen molar-refractivity contribution in [2.24, 2.45) is 0 Å². The number of benzene rings is 2. The van der Waals surface area contributed by atoms with Crippen molar-refractivity contribution in [1.29, 1.82) is 0 Å². The Balaban J connectivity index is 1.87. The lowest BCUT2D eigenvalue weighted by atomic mass is 10.1. The Morgan fingerprint density at radius 3 is 2.67 bits per heavy atom. The first-order valence-electron chi connectivity index (χ1n) is 9.13. The third kappa shape index (κ3) is 3.61. The van der Waals surface area contributed by atoms with E-state index in [0.717, 1.165) is 11.6 Å². The molecule has 4 rings (SSSR count). The average Bonchev–Trinajstić information content (AvgIpc) is 3.14. The summed E-state index contributed by atoms with van der Waals surface area (Å²) in [4.78, 5) is 34.0. The Labute approximate surface area is 174 Å². The second-order valence-electron chi connectivity index (χ2n) is 6.94. The first-order valence-corrected chi connectivity index (χ1v) is 10.0. The maximum absolute atomic E-state index is 14.3. The number of amides is 1. The molecule has 0 unspecified atom stereocenters. The molecule has 0 fully saturated rings. The molecule has 0 saturated heterocycles. The Bertz CT molecular complexity index is 1330. The summed E-state index contributed by atoms with van der Waals surface area (Å²) >= 11 is 1.23. The number of aromatic nitrogens is 2. The zero-order chi connectivity index (χ0) is 21.4. The van der Waals surface area contributed by atoms with Gasteiger partial charge in [0.25, 0.3) is 5.91 Å². The van der Waals surface area contributed by atoms with Gasteiger partial charge in [0.05, 0.1) is 23.3 Å². The molecule has 4 aromatic rings. The standard InChI is InChI=1S/C22H17F2N3O2S/c1-12-4-3-5-15(8-12)27(22(29)21-13(2)25-11-30-21)10-14-9-18(28)26-20-16(14)6-7-17(23)19(20)24/h3-9,11H,10H2,1-2H3,(H,26,28). The molecule has 0 saturated carbocycles. The number of aryl methyl sites for hydroxylation is 2. The topological polar surface area (TPSA) is 66.1 Å². The van der Waals surface area contributed by atoms with Crippen LogP contribution in [0, 0.1) is 25.5 Å². The van der Waals surface area contributed by atoms with Gasteiger partial charge in [-0.3, -0.25) is 9.59 Å². The van der Waals surface area contributed by atoms with Crippen molar-refractivity contribution in [2.75, 3.05) is 4.90 Å². The van der Waals surface area contributed by atoms with Crippen molar-refractivity contribution in [3.05, 3.63) is 91.7 Å². The summed E-state index contributed by atoms with van der Waals surface area (Å²) in [5, 5.41) is 0.333. The van der Waals surface area contributed by atoms with Gasteiger partial charge in [0.1, 0.15) is 4.88 Å². The number of carbonyl (C=O) groups excluding carboxylic acids is 1. The van der Waals surface area contributed by atoms with Crippen LogP contribution in [0.1, 0.15) is 26.5 Å². The predicted molar refractivity (Wildman–Crippen MR) is 113 cm³/mol. The van der Waals surface area contributed by atoms with Crippen molar-refractivity contribution >= 4 is 33.8 Å². The lowest BCUT2D eigenvalue weighted by Gasteiger charge is -2.24. The molecule has 2 aromatic carbocycles. The third-order valence-corrected chi connectivity index (χ3v) is 5.74. The lowest BCUT2D eigenvalue weighted by Crippen LogP contribution is -2.31. The highest BCUT2D eigenvalue weighted by Crippen LogP contribution is 2.27. The zero-order valence-electron chi connectivity index (χ0n) is 16.2. The van der Waals surface area contributed by atoms with Crippen LogP contribution in [0.25, 0.3) is 10.9 Å². The predicted octanol–water partition coefficient (Wildman–Crippen LogP) is 4.73. The van der Waals surface area contributed by atoms with E-state index in [4.69, 9.17) is 0 Å². The molecule has 2 aromatic heterocycles. The van der Waals surface area contributed by atoms with E-state index in [0.29, 0.717) is 27.2 Å². The van der Waals surface area contributed by atoms with Crippen LogP contribution in [0.15, 0.2) is 52.8 Å². The molecule has 0 spiro atoms. The normalized spacial score (nSPS) is 11.1. The molecule has 0 aliphatic heterocycles. The quantitative estimate of drug-likeness (QED) is 0.514. The van der Waals surface area contributed by atoms with E-state index in [1.165, 1.54) is 28.4 Å². The van der Waals surface area contributed by atoms with E-state index in [9.17, 15) is 18.4 Å². The number of anilines is 1. The molecule has 5 nitrogen and oxygen atoms in total. The zero-order valence-corrected chi connectivity index (χ0v) is 17.0. The van der Waals surface area contributed by atoms with Gasteiger partial charge in [0, 0.05) is 17.1 Å². The number of halogens is 2. The summed E-state index contributed by atoms with van der Waals surface area (Å²) in [6, 6.07) is 11.1. The largest absolute Gasteiger partial charge is 0.319 e. The lowest BCUT2D eigenvalue weighted by molar-refractivity contribution is 0.0988. The molecule has 0 radical (unpaired) electrons. The van der Waals surface area contributed by atoms with Gasteiger partial charge in [-0.15, -0.1) is 11.3 Å². The number of hydrogen-bond donors (Lipinski definition) is 1. The summed E-state index contributed by atoms with van der Waals surface area (Å²) < 4.78 is 27.9. The van der Waals surface area contributed by atoms with Crippen LogP contribution in [-0.2, 0) is 6.54 Å². The minimum Gasteiger partial charge on any atom is -0.319 e. The number of carbonyl (C=O) groups is 1. The number of aromatic amines is 1. The number of nitrogens with zero attached hydrogens (tertiary/aromatic N) is 2. The van der Waals surface area contributed by atoms with Crippen molar-refractivity contribution in [3.8, 4) is 0 Å². The van der Waals surface area contributed by atoms with Crippen LogP contribution >= 0.6 is 11.3 Å². The fourth-order valence-electron chi connectivity index (χ4n) is 3.34. The van der Waals surface area contributed by atoms with E-state index >= 15 is 0 Å². The van der Waals surface area contributed by atoms with Gasteiger partial charge in [0.2, 0.25) is 5.56 Å². The molecule has 1 N–H and O–H groups in total. The molecule has 8 heteroatoms. The average molecular weight is 425 g/mol. The first-order chi connectivity index (χ1) is 14.3. The minimum atomic E-state index is -1.13. The summed E-state index contributed by atoms with van der Waals surface area (Å²) in [6.45, 7) is 3.66. The number of fused-ring (bicyclic) bond motifs is 1. The highest BCUT2D eigenvalue weighted by molar-refractivity contribution is 7.12. The molecule has 0 atom stereocenters. The Morgan fingerprint density at radius 1 is 1.17 bits per heavy atom. The molecule has 1 amide bonds. The third-order valence-electron chi connectivity index (χ3n) is 4.82. The summed E-state index contributed by atoms with van der Waals surface area (Å²) in [5.74, 6) is -2.46. The van der Waals surface area contributed by atoms with E-state index in [1.807, 2.05) is 25.1 Å². The summed E-state index contributed by atoms with van der Waals surface area (Å²) in [6.07, 6.45) is 0. The van der Waals surface area contributed by atoms with Crippen LogP contribution in [-0.4, -0.2) is 15.9 Å². The number of thiazole rings is 1. The van der Waals surface area contributed by atoms with Crippen molar-refractivity contribution in [1.82, 2.24) is 9.97 Å². The van der Waals surface area contributed by atoms with Gasteiger partial charge in [0.15, 0.2) is 11.6 Å². The van der Waals surface area contributed by atoms with Crippen LogP contribution in [0.5, 0.6) is 0 Å². The van der Waals surface area contributed by atoms with E-state index in [2.05, 4.69) is 9.97 Å². The molecular formula is C22H17F2N3O2S. The van der Waals surface area contributed by atoms with Crippen LogP contribution < -0.4 is 10.5 Å². The molecule has 152 valence electrons. The second-order valence-corrected chi connectivity index (χ2v) is 7.79. The Morgan fingerprint density at radius 2 is 1.97 bits per heavy atom. The molecular weight excluding hydrogens is 408 g/mol. The van der Waals surface area contributed by atoms with E-state index in [1.54, 1.807) is 18.5 Å². The van der Waals surface area contributed by atoms with E-state index in [-0.39, 0.29) is 18.0 Å². The minimum absolute atomic E-state index is 0.00508. The highest BCUT2D eigenvalue weighted by Gasteiger charge is 2.23. The van der Waals surface area contributed by atoms with Crippen molar-refractivity contribution < 1.29 is 13.6 Å². The first kappa shape index (κ1) is 19.9. The number of nitrogens with one attached hydrogen (secondary N) is 1. The van der Waals surface area contributed by atoms with Gasteiger partial charge in [-0.1, -0.05) is 12.1 Å². The van der Waals surface area contributed by atoms with Gasteiger partial charge < -0.3 is 9.88 Å². The number of hydrogen-bond acceptors (Lipinski definition) is 4. The van der Waals surface area contributed by atoms with E-state index < -0.39 is 17.2 Å². The smallest absolute Gasteiger partial charge is 0.270 e. The summed E-state index contributed by atoms with van der Waals surface area (Å²) in [7, 11) is 0. The Hall–Kier alpha value is -3.39. The van der Waals surface area contributed by atoms with Crippen molar-refractivity contribution in [2.45, 2.75) is 20.4 Å². The summed E-state index contributed by atoms with van der Waals surface area (Å²) in [5.41, 5.74) is 3.39. The second kappa shape index (κ2) is 7.79. The molecule has 2 heterocycles. The molecule has 0 aliphatic rings. The van der Waals surface area contributed by atoms with Crippen LogP contribution in [0.4, 0.5) is 14.5 Å². The number of pyridine rings is 1. The maximum Gasteiger partial charge on any atom is 0.270 e. The maximum atomic E-state index is 14.3. The van der Waals surface area contributed by atoms with Gasteiger partial charge >= 0.3 is 0 Å². The fraction of sp³-hybridized carbons (Fsp3) is 0.136. The SMILES string of the molecule is Cc1cccc(N(Cc2cc(=O)[nH]c3c(F)c(F)ccc23)C(=O)c2scnc2C)c1. The van der Waals surface area contributed by atoms with Crippen molar-refractivity contribution in [3.63, 3.8) is 0 Å². The molecule has 0 bridgehead atoms. The number of H-pyrrole nitrogens is 1. The monoisotopic (exact) mass is 425 g/mol.